The number of amides is 1. The van der Waals surface area contributed by atoms with Gasteiger partial charge < -0.3 is 4.90 Å². The minimum absolute atomic E-state index is 0.0229. The van der Waals surface area contributed by atoms with E-state index in [4.69, 9.17) is 0 Å². The van der Waals surface area contributed by atoms with Gasteiger partial charge >= 0.3 is 0 Å². The zero-order valence-electron chi connectivity index (χ0n) is 15.4. The minimum atomic E-state index is -3.15. The smallest absolute Gasteiger partial charge is 0.241 e. The number of carbonyl (C=O) groups is 1. The first-order valence-electron chi connectivity index (χ1n) is 9.30. The second kappa shape index (κ2) is 7.09. The average Bonchev–Trinajstić information content (AvgIpc) is 2.97. The number of hydrogen-bond acceptors (Lipinski definition) is 4. The van der Waals surface area contributed by atoms with Gasteiger partial charge in [0, 0.05) is 18.3 Å². The first-order valence-corrected chi connectivity index (χ1v) is 11.1. The van der Waals surface area contributed by atoms with Crippen LogP contribution in [0.5, 0.6) is 0 Å². The van der Waals surface area contributed by atoms with E-state index in [0.717, 1.165) is 17.7 Å². The van der Waals surface area contributed by atoms with Gasteiger partial charge in [0.05, 0.1) is 24.1 Å². The van der Waals surface area contributed by atoms with Crippen LogP contribution in [0.25, 0.3) is 0 Å². The summed E-state index contributed by atoms with van der Waals surface area (Å²) in [5.41, 5.74) is 3.10. The summed E-state index contributed by atoms with van der Waals surface area (Å²) < 4.78 is 24.8. The molecule has 0 N–H and O–H groups in total. The number of aryl methyl sites for hydroxylation is 1. The lowest BCUT2D eigenvalue weighted by atomic mass is 10.0. The van der Waals surface area contributed by atoms with E-state index in [-0.39, 0.29) is 36.0 Å². The van der Waals surface area contributed by atoms with Crippen LogP contribution in [-0.4, -0.2) is 55.9 Å². The van der Waals surface area contributed by atoms with E-state index in [1.54, 1.807) is 4.90 Å². The van der Waals surface area contributed by atoms with Crippen LogP contribution in [0.15, 0.2) is 54.6 Å². The van der Waals surface area contributed by atoms with Crippen LogP contribution in [0.3, 0.4) is 0 Å². The van der Waals surface area contributed by atoms with E-state index in [9.17, 15) is 13.2 Å². The monoisotopic (exact) mass is 384 g/mol. The van der Waals surface area contributed by atoms with E-state index in [1.807, 2.05) is 49.4 Å². The van der Waals surface area contributed by atoms with Crippen LogP contribution in [0.1, 0.15) is 11.1 Å². The molecular weight excluding hydrogens is 360 g/mol. The number of piperazine rings is 1. The molecule has 2 aromatic rings. The van der Waals surface area contributed by atoms with Crippen LogP contribution >= 0.6 is 0 Å². The summed E-state index contributed by atoms with van der Waals surface area (Å²) in [6.07, 6.45) is 0.807. The highest BCUT2D eigenvalue weighted by molar-refractivity contribution is 7.91. The fourth-order valence-corrected chi connectivity index (χ4v) is 6.14. The van der Waals surface area contributed by atoms with Crippen molar-refractivity contribution in [3.8, 4) is 0 Å². The highest BCUT2D eigenvalue weighted by Crippen LogP contribution is 2.31. The third-order valence-corrected chi connectivity index (χ3v) is 7.24. The van der Waals surface area contributed by atoms with Gasteiger partial charge in [-0.1, -0.05) is 48.0 Å². The Labute approximate surface area is 160 Å². The third kappa shape index (κ3) is 3.77. The van der Waals surface area contributed by atoms with Crippen molar-refractivity contribution in [1.29, 1.82) is 0 Å². The quantitative estimate of drug-likeness (QED) is 0.810. The Bertz CT molecular complexity index is 926. The van der Waals surface area contributed by atoms with Crippen LogP contribution in [0.4, 0.5) is 5.69 Å². The van der Waals surface area contributed by atoms with Gasteiger partial charge in [0.1, 0.15) is 0 Å². The number of nitrogens with zero attached hydrogens (tertiary/aromatic N) is 2. The number of hydrogen-bond donors (Lipinski definition) is 0. The Morgan fingerprint density at radius 2 is 1.63 bits per heavy atom. The number of sulfone groups is 1. The van der Waals surface area contributed by atoms with Gasteiger partial charge in [0.15, 0.2) is 9.84 Å². The Morgan fingerprint density at radius 1 is 0.963 bits per heavy atom. The molecule has 0 spiro atoms. The molecule has 5 nitrogen and oxygen atoms in total. The van der Waals surface area contributed by atoms with Crippen molar-refractivity contribution >= 4 is 21.4 Å². The summed E-state index contributed by atoms with van der Waals surface area (Å²) in [6, 6.07) is 17.4. The maximum atomic E-state index is 12.9. The van der Waals surface area contributed by atoms with E-state index in [1.165, 1.54) is 5.56 Å². The average molecular weight is 385 g/mol. The lowest BCUT2D eigenvalue weighted by Crippen LogP contribution is -2.62. The summed E-state index contributed by atoms with van der Waals surface area (Å²) in [6.45, 7) is 2.95. The molecule has 6 heteroatoms. The fraction of sp³-hybridized carbons (Fsp3) is 0.381. The summed E-state index contributed by atoms with van der Waals surface area (Å²) in [5, 5.41) is 0. The number of anilines is 1. The fourth-order valence-electron chi connectivity index (χ4n) is 4.16. The number of fused-ring (bicyclic) bond motifs is 1. The maximum Gasteiger partial charge on any atom is 0.241 e. The molecule has 2 saturated heterocycles. The van der Waals surface area contributed by atoms with Crippen molar-refractivity contribution in [3.63, 3.8) is 0 Å². The molecule has 2 aromatic carbocycles. The van der Waals surface area contributed by atoms with Crippen molar-refractivity contribution in [1.82, 2.24) is 4.90 Å². The molecule has 2 aliphatic rings. The van der Waals surface area contributed by atoms with Crippen LogP contribution in [0.2, 0.25) is 0 Å². The molecule has 2 unspecified atom stereocenters. The molecule has 2 aliphatic heterocycles. The van der Waals surface area contributed by atoms with Crippen LogP contribution in [0, 0.1) is 6.92 Å². The lowest BCUT2D eigenvalue weighted by molar-refractivity contribution is -0.123. The van der Waals surface area contributed by atoms with Gasteiger partial charge in [-0.25, -0.2) is 8.42 Å². The van der Waals surface area contributed by atoms with Gasteiger partial charge in [-0.05, 0) is 31.0 Å². The van der Waals surface area contributed by atoms with Crippen LogP contribution < -0.4 is 4.90 Å². The van der Waals surface area contributed by atoms with Gasteiger partial charge in [0.25, 0.3) is 0 Å². The first kappa shape index (κ1) is 18.2. The van der Waals surface area contributed by atoms with Crippen LogP contribution in [-0.2, 0) is 21.1 Å². The van der Waals surface area contributed by atoms with Crippen molar-refractivity contribution < 1.29 is 13.2 Å². The molecule has 27 heavy (non-hydrogen) atoms. The summed E-state index contributed by atoms with van der Waals surface area (Å²) in [7, 11) is -3.15. The Morgan fingerprint density at radius 3 is 2.33 bits per heavy atom. The molecule has 4 rings (SSSR count). The zero-order valence-corrected chi connectivity index (χ0v) is 16.2. The van der Waals surface area contributed by atoms with Crippen molar-refractivity contribution in [2.75, 3.05) is 29.5 Å². The minimum Gasteiger partial charge on any atom is -0.306 e. The largest absolute Gasteiger partial charge is 0.306 e. The molecule has 0 aromatic heterocycles. The topological polar surface area (TPSA) is 57.7 Å². The maximum absolute atomic E-state index is 12.9. The van der Waals surface area contributed by atoms with E-state index in [2.05, 4.69) is 17.0 Å². The zero-order chi connectivity index (χ0) is 19.0. The molecule has 2 heterocycles. The van der Waals surface area contributed by atoms with Gasteiger partial charge in [-0.2, -0.15) is 0 Å². The molecule has 0 radical (unpaired) electrons. The lowest BCUT2D eigenvalue weighted by Gasteiger charge is -2.43. The molecule has 0 saturated carbocycles. The molecule has 0 bridgehead atoms. The normalized spacial score (nSPS) is 24.8. The highest BCUT2D eigenvalue weighted by atomic mass is 32.2. The number of rotatable bonds is 4. The summed E-state index contributed by atoms with van der Waals surface area (Å²) >= 11 is 0. The Kier molecular flexibility index (Phi) is 4.78. The molecule has 2 atom stereocenters. The molecule has 142 valence electrons. The second-order valence-corrected chi connectivity index (χ2v) is 9.67. The number of benzene rings is 2. The number of carbonyl (C=O) groups excluding carboxylic acids is 1. The second-order valence-electron chi connectivity index (χ2n) is 7.52. The molecular formula is C21H24N2O3S. The van der Waals surface area contributed by atoms with Gasteiger partial charge in [0.2, 0.25) is 5.91 Å². The molecule has 2 fully saturated rings. The Hall–Kier alpha value is -2.18. The third-order valence-electron chi connectivity index (χ3n) is 5.54. The Balaban J connectivity index is 1.59. The van der Waals surface area contributed by atoms with E-state index < -0.39 is 9.84 Å². The van der Waals surface area contributed by atoms with Crippen molar-refractivity contribution in [2.24, 2.45) is 0 Å². The van der Waals surface area contributed by atoms with Crippen molar-refractivity contribution in [3.05, 3.63) is 65.7 Å². The van der Waals surface area contributed by atoms with Crippen molar-refractivity contribution in [2.45, 2.75) is 25.4 Å². The molecule has 0 aliphatic carbocycles. The summed E-state index contributed by atoms with van der Waals surface area (Å²) in [4.78, 5) is 16.7. The highest BCUT2D eigenvalue weighted by Gasteiger charge is 2.49. The van der Waals surface area contributed by atoms with E-state index >= 15 is 0 Å². The van der Waals surface area contributed by atoms with Gasteiger partial charge in [-0.15, -0.1) is 0 Å². The SMILES string of the molecule is Cc1ccc(N2C(=O)CN(CCc3ccccc3)C3CS(=O)(=O)CC32)cc1. The predicted octanol–water partition coefficient (Wildman–Crippen LogP) is 2.05. The van der Waals surface area contributed by atoms with E-state index in [0.29, 0.717) is 6.54 Å². The first-order chi connectivity index (χ1) is 12.9. The predicted molar refractivity (Wildman–Crippen MR) is 107 cm³/mol. The summed E-state index contributed by atoms with van der Waals surface area (Å²) in [5.74, 6) is 0.145. The standard InChI is InChI=1S/C21H24N2O3S/c1-16-7-9-18(10-8-16)23-20-15-27(25,26)14-19(20)22(13-21(23)24)12-11-17-5-3-2-4-6-17/h2-10,19-20H,11-15H2,1H3. The molecule has 1 amide bonds. The van der Waals surface area contributed by atoms with Gasteiger partial charge in [-0.3, -0.25) is 9.69 Å².